The maximum Gasteiger partial charge on any atom is 0.277 e. The topological polar surface area (TPSA) is 60.9 Å². The zero-order chi connectivity index (χ0) is 17.2. The second kappa shape index (κ2) is 6.57. The minimum absolute atomic E-state index is 0.0428. The number of para-hydroxylation sites is 1. The largest absolute Gasteiger partial charge is 0.411 e. The number of hydrogen-bond donors (Lipinski definition) is 0. The highest BCUT2D eigenvalue weighted by atomic mass is 32.2. The van der Waals surface area contributed by atoms with Gasteiger partial charge in [-0.3, -0.25) is 4.79 Å². The standard InChI is InChI=1S/C19H15N3O2S/c1-22-11-15(14-9-5-6-10-16(14)22)17(23)12-25-19-21-20-18(24-19)13-7-3-2-4-8-13/h2-11H,12H2,1H3. The Morgan fingerprint density at radius 2 is 1.84 bits per heavy atom. The Balaban J connectivity index is 1.50. The lowest BCUT2D eigenvalue weighted by Crippen LogP contribution is -2.01. The Morgan fingerprint density at radius 3 is 2.68 bits per heavy atom. The maximum absolute atomic E-state index is 12.6. The van der Waals surface area contributed by atoms with Crippen LogP contribution in [0.1, 0.15) is 10.4 Å². The summed E-state index contributed by atoms with van der Waals surface area (Å²) in [6.07, 6.45) is 1.87. The highest BCUT2D eigenvalue weighted by Crippen LogP contribution is 2.26. The molecule has 0 aliphatic rings. The van der Waals surface area contributed by atoms with Gasteiger partial charge in [-0.05, 0) is 18.2 Å². The van der Waals surface area contributed by atoms with E-state index in [4.69, 9.17) is 4.42 Å². The molecule has 2 heterocycles. The van der Waals surface area contributed by atoms with Gasteiger partial charge in [-0.25, -0.2) is 0 Å². The van der Waals surface area contributed by atoms with Crippen LogP contribution in [-0.4, -0.2) is 26.3 Å². The van der Waals surface area contributed by atoms with Crippen LogP contribution in [0.2, 0.25) is 0 Å². The Labute approximate surface area is 148 Å². The first-order valence-corrected chi connectivity index (χ1v) is 8.80. The number of carbonyl (C=O) groups excluding carboxylic acids is 1. The summed E-state index contributed by atoms with van der Waals surface area (Å²) in [5.41, 5.74) is 2.62. The van der Waals surface area contributed by atoms with Crippen molar-refractivity contribution >= 4 is 28.4 Å². The fourth-order valence-corrected chi connectivity index (χ4v) is 3.38. The smallest absolute Gasteiger partial charge is 0.277 e. The summed E-state index contributed by atoms with van der Waals surface area (Å²) in [5.74, 6) is 0.756. The van der Waals surface area contributed by atoms with Gasteiger partial charge in [0.2, 0.25) is 5.89 Å². The van der Waals surface area contributed by atoms with E-state index < -0.39 is 0 Å². The van der Waals surface area contributed by atoms with Crippen molar-refractivity contribution in [2.24, 2.45) is 7.05 Å². The maximum atomic E-state index is 12.6. The number of fused-ring (bicyclic) bond motifs is 1. The molecule has 0 spiro atoms. The van der Waals surface area contributed by atoms with Gasteiger partial charge in [0.15, 0.2) is 5.78 Å². The fraction of sp³-hybridized carbons (Fsp3) is 0.105. The lowest BCUT2D eigenvalue weighted by atomic mass is 10.1. The van der Waals surface area contributed by atoms with Gasteiger partial charge in [0.05, 0.1) is 5.75 Å². The average Bonchev–Trinajstić information content (AvgIpc) is 3.26. The number of hydrogen-bond acceptors (Lipinski definition) is 5. The Morgan fingerprint density at radius 1 is 1.08 bits per heavy atom. The Bertz CT molecular complexity index is 1040. The van der Waals surface area contributed by atoms with E-state index in [1.807, 2.05) is 72.4 Å². The SMILES string of the molecule is Cn1cc(C(=O)CSc2nnc(-c3ccccc3)o2)c2ccccc21. The van der Waals surface area contributed by atoms with Crippen LogP contribution < -0.4 is 0 Å². The van der Waals surface area contributed by atoms with E-state index in [9.17, 15) is 4.79 Å². The van der Waals surface area contributed by atoms with Gasteiger partial charge < -0.3 is 8.98 Å². The molecule has 0 aliphatic carbocycles. The van der Waals surface area contributed by atoms with Crippen molar-refractivity contribution in [2.75, 3.05) is 5.75 Å². The van der Waals surface area contributed by atoms with Crippen molar-refractivity contribution in [3.63, 3.8) is 0 Å². The second-order valence-corrected chi connectivity index (χ2v) is 6.55. The van der Waals surface area contributed by atoms with Crippen LogP contribution >= 0.6 is 11.8 Å². The van der Waals surface area contributed by atoms with Gasteiger partial charge in [-0.1, -0.05) is 48.2 Å². The summed E-state index contributed by atoms with van der Waals surface area (Å²) < 4.78 is 7.60. The van der Waals surface area contributed by atoms with Crippen molar-refractivity contribution in [3.05, 3.63) is 66.4 Å². The number of rotatable bonds is 5. The molecule has 0 fully saturated rings. The lowest BCUT2D eigenvalue weighted by molar-refractivity contribution is 0.102. The highest BCUT2D eigenvalue weighted by Gasteiger charge is 2.16. The Hall–Kier alpha value is -2.86. The summed E-state index contributed by atoms with van der Waals surface area (Å²) in [6, 6.07) is 17.4. The predicted molar refractivity (Wildman–Crippen MR) is 97.7 cm³/mol. The van der Waals surface area contributed by atoms with Crippen molar-refractivity contribution in [1.29, 1.82) is 0 Å². The molecule has 0 amide bonds. The molecule has 0 atom stereocenters. The van der Waals surface area contributed by atoms with Gasteiger partial charge in [0.1, 0.15) is 0 Å². The normalized spacial score (nSPS) is 11.1. The number of carbonyl (C=O) groups is 1. The lowest BCUT2D eigenvalue weighted by Gasteiger charge is -1.97. The number of benzene rings is 2. The van der Waals surface area contributed by atoms with Gasteiger partial charge in [-0.2, -0.15) is 0 Å². The predicted octanol–water partition coefficient (Wildman–Crippen LogP) is 4.20. The van der Waals surface area contributed by atoms with Crippen LogP contribution in [0.15, 0.2) is 70.4 Å². The van der Waals surface area contributed by atoms with Gasteiger partial charge in [-0.15, -0.1) is 10.2 Å². The highest BCUT2D eigenvalue weighted by molar-refractivity contribution is 7.99. The van der Waals surface area contributed by atoms with Crippen molar-refractivity contribution < 1.29 is 9.21 Å². The van der Waals surface area contributed by atoms with E-state index in [-0.39, 0.29) is 11.5 Å². The molecular formula is C19H15N3O2S. The number of aryl methyl sites for hydroxylation is 1. The van der Waals surface area contributed by atoms with Crippen LogP contribution in [0.3, 0.4) is 0 Å². The average molecular weight is 349 g/mol. The molecule has 0 saturated carbocycles. The minimum atomic E-state index is 0.0428. The van der Waals surface area contributed by atoms with Crippen LogP contribution in [0.25, 0.3) is 22.4 Å². The van der Waals surface area contributed by atoms with Crippen molar-refractivity contribution in [2.45, 2.75) is 5.22 Å². The number of Topliss-reactive ketones (excluding diaryl/α,β-unsaturated/α-hetero) is 1. The van der Waals surface area contributed by atoms with Crippen molar-refractivity contribution in [1.82, 2.24) is 14.8 Å². The molecule has 0 aliphatic heterocycles. The molecule has 25 heavy (non-hydrogen) atoms. The summed E-state index contributed by atoms with van der Waals surface area (Å²) in [5, 5.41) is 9.41. The first-order chi connectivity index (χ1) is 12.2. The molecule has 6 heteroatoms. The third-order valence-corrected chi connectivity index (χ3v) is 4.77. The van der Waals surface area contributed by atoms with Gasteiger partial charge >= 0.3 is 0 Å². The van der Waals surface area contributed by atoms with Crippen LogP contribution in [0, 0.1) is 0 Å². The zero-order valence-corrected chi connectivity index (χ0v) is 14.4. The van der Waals surface area contributed by atoms with E-state index in [1.165, 1.54) is 11.8 Å². The Kier molecular flexibility index (Phi) is 4.11. The molecule has 4 rings (SSSR count). The van der Waals surface area contributed by atoms with Gasteiger partial charge in [0, 0.05) is 35.3 Å². The molecule has 0 N–H and O–H groups in total. The van der Waals surface area contributed by atoms with Crippen molar-refractivity contribution in [3.8, 4) is 11.5 Å². The van der Waals surface area contributed by atoms with Crippen LogP contribution in [0.5, 0.6) is 0 Å². The van der Waals surface area contributed by atoms with E-state index in [2.05, 4.69) is 10.2 Å². The summed E-state index contributed by atoms with van der Waals surface area (Å²) in [6.45, 7) is 0. The van der Waals surface area contributed by atoms with E-state index >= 15 is 0 Å². The molecular weight excluding hydrogens is 334 g/mol. The molecule has 2 aromatic carbocycles. The first kappa shape index (κ1) is 15.7. The summed E-state index contributed by atoms with van der Waals surface area (Å²) >= 11 is 1.26. The number of aromatic nitrogens is 3. The summed E-state index contributed by atoms with van der Waals surface area (Å²) in [7, 11) is 1.94. The summed E-state index contributed by atoms with van der Waals surface area (Å²) in [4.78, 5) is 12.6. The molecule has 5 nitrogen and oxygen atoms in total. The molecule has 0 radical (unpaired) electrons. The van der Waals surface area contributed by atoms with Crippen LogP contribution in [-0.2, 0) is 7.05 Å². The number of thioether (sulfide) groups is 1. The second-order valence-electron chi connectivity index (χ2n) is 5.62. The molecule has 0 bridgehead atoms. The minimum Gasteiger partial charge on any atom is -0.411 e. The van der Waals surface area contributed by atoms with Gasteiger partial charge in [0.25, 0.3) is 5.22 Å². The number of nitrogens with zero attached hydrogens (tertiary/aromatic N) is 3. The fourth-order valence-electron chi connectivity index (χ4n) is 2.73. The molecule has 4 aromatic rings. The van der Waals surface area contributed by atoms with Crippen LogP contribution in [0.4, 0.5) is 0 Å². The van der Waals surface area contributed by atoms with E-state index in [0.717, 1.165) is 16.5 Å². The first-order valence-electron chi connectivity index (χ1n) is 7.81. The monoisotopic (exact) mass is 349 g/mol. The van der Waals surface area contributed by atoms with E-state index in [1.54, 1.807) is 0 Å². The molecule has 2 aromatic heterocycles. The van der Waals surface area contributed by atoms with E-state index in [0.29, 0.717) is 16.7 Å². The number of ketones is 1. The third kappa shape index (κ3) is 3.08. The zero-order valence-electron chi connectivity index (χ0n) is 13.5. The molecule has 0 saturated heterocycles. The third-order valence-electron chi connectivity index (χ3n) is 3.95. The molecule has 124 valence electrons. The quantitative estimate of drug-likeness (QED) is 0.399. The molecule has 0 unspecified atom stereocenters.